The average Bonchev–Trinajstić information content (AvgIpc) is 2.71. The zero-order valence-corrected chi connectivity index (χ0v) is 18.1. The number of benzene rings is 2. The summed E-state index contributed by atoms with van der Waals surface area (Å²) in [7, 11) is 0. The van der Waals surface area contributed by atoms with Crippen LogP contribution in [0.2, 0.25) is 0 Å². The van der Waals surface area contributed by atoms with Gasteiger partial charge in [0.25, 0.3) is 5.91 Å². The minimum absolute atomic E-state index is 0.0576. The van der Waals surface area contributed by atoms with Crippen molar-refractivity contribution in [2.45, 2.75) is 6.92 Å². The minimum atomic E-state index is -0.186. The third-order valence-electron chi connectivity index (χ3n) is 4.57. The van der Waals surface area contributed by atoms with Crippen LogP contribution in [0, 0.1) is 6.92 Å². The first-order valence-corrected chi connectivity index (χ1v) is 10.2. The van der Waals surface area contributed by atoms with Crippen LogP contribution in [0.4, 0.5) is 5.69 Å². The van der Waals surface area contributed by atoms with Gasteiger partial charge in [-0.05, 0) is 62.5 Å². The highest BCUT2D eigenvalue weighted by molar-refractivity contribution is 9.11. The number of carbonyl (C=O) groups is 1. The van der Waals surface area contributed by atoms with Gasteiger partial charge in [0.05, 0.1) is 15.5 Å². The molecule has 0 aliphatic carbocycles. The monoisotopic (exact) mass is 502 g/mol. The molecule has 0 atom stereocenters. The third kappa shape index (κ3) is 3.52. The number of phenols is 1. The van der Waals surface area contributed by atoms with Gasteiger partial charge in [-0.3, -0.25) is 4.79 Å². The summed E-state index contributed by atoms with van der Waals surface area (Å²) in [5, 5.41) is 9.91. The Hall–Kier alpha value is -2.38. The van der Waals surface area contributed by atoms with E-state index in [9.17, 15) is 9.90 Å². The molecule has 0 unspecified atom stereocenters. The van der Waals surface area contributed by atoms with Crippen LogP contribution in [0.3, 0.4) is 0 Å². The molecular weight excluding hydrogens is 488 g/mol. The number of fused-ring (bicyclic) bond motifs is 1. The molecule has 142 valence electrons. The van der Waals surface area contributed by atoms with Crippen molar-refractivity contribution >= 4 is 43.5 Å². The van der Waals surface area contributed by atoms with Gasteiger partial charge in [0, 0.05) is 17.3 Å². The Kier molecular flexibility index (Phi) is 5.12. The number of rotatable bonds is 2. The van der Waals surface area contributed by atoms with Crippen molar-refractivity contribution in [1.29, 1.82) is 0 Å². The van der Waals surface area contributed by atoms with E-state index in [0.717, 1.165) is 11.1 Å². The van der Waals surface area contributed by atoms with E-state index >= 15 is 0 Å². The number of phenolic OH excluding ortho intramolecular Hbond substituents is 1. The molecular formula is C21H16Br2N2O3. The highest BCUT2D eigenvalue weighted by Crippen LogP contribution is 2.37. The van der Waals surface area contributed by atoms with E-state index in [0.29, 0.717) is 39.2 Å². The normalized spacial score (nSPS) is 13.0. The van der Waals surface area contributed by atoms with Crippen molar-refractivity contribution in [3.8, 4) is 22.8 Å². The van der Waals surface area contributed by atoms with Gasteiger partial charge in [0.2, 0.25) is 5.88 Å². The molecule has 1 aliphatic heterocycles. The number of anilines is 1. The van der Waals surface area contributed by atoms with Crippen LogP contribution in [0.5, 0.6) is 11.6 Å². The predicted molar refractivity (Wildman–Crippen MR) is 115 cm³/mol. The first-order valence-electron chi connectivity index (χ1n) is 8.64. The highest BCUT2D eigenvalue weighted by atomic mass is 79.9. The molecule has 0 spiro atoms. The van der Waals surface area contributed by atoms with E-state index in [1.54, 1.807) is 23.2 Å². The number of aromatic hydroxyl groups is 1. The maximum atomic E-state index is 13.2. The lowest BCUT2D eigenvalue weighted by Crippen LogP contribution is -2.38. The summed E-state index contributed by atoms with van der Waals surface area (Å²) in [6.07, 6.45) is 1.76. The van der Waals surface area contributed by atoms with Gasteiger partial charge in [-0.2, -0.15) is 0 Å². The lowest BCUT2D eigenvalue weighted by molar-refractivity contribution is 0.0975. The van der Waals surface area contributed by atoms with E-state index in [-0.39, 0.29) is 11.7 Å². The quantitative estimate of drug-likeness (QED) is 0.513. The first-order chi connectivity index (χ1) is 13.4. The summed E-state index contributed by atoms with van der Waals surface area (Å²) in [5.41, 5.74) is 4.20. The summed E-state index contributed by atoms with van der Waals surface area (Å²) in [6, 6.07) is 13.3. The number of pyridine rings is 1. The number of aryl methyl sites for hydroxylation is 1. The first kappa shape index (κ1) is 19.0. The number of nitrogens with zero attached hydrogens (tertiary/aromatic N) is 2. The average molecular weight is 504 g/mol. The maximum Gasteiger partial charge on any atom is 0.258 e. The minimum Gasteiger partial charge on any atom is -0.506 e. The van der Waals surface area contributed by atoms with Gasteiger partial charge in [-0.25, -0.2) is 4.98 Å². The molecule has 2 heterocycles. The Balaban J connectivity index is 1.74. The van der Waals surface area contributed by atoms with E-state index in [1.807, 2.05) is 37.3 Å². The number of aromatic nitrogens is 1. The smallest absolute Gasteiger partial charge is 0.258 e. The van der Waals surface area contributed by atoms with Gasteiger partial charge in [-0.1, -0.05) is 29.8 Å². The van der Waals surface area contributed by atoms with Crippen LogP contribution >= 0.6 is 31.9 Å². The van der Waals surface area contributed by atoms with E-state index in [2.05, 4.69) is 36.8 Å². The fraction of sp³-hybridized carbons (Fsp3) is 0.143. The molecule has 5 nitrogen and oxygen atoms in total. The fourth-order valence-corrected chi connectivity index (χ4v) is 4.25. The van der Waals surface area contributed by atoms with Gasteiger partial charge in [0.1, 0.15) is 18.0 Å². The molecule has 7 heteroatoms. The van der Waals surface area contributed by atoms with Crippen molar-refractivity contribution in [2.75, 3.05) is 18.1 Å². The molecule has 2 aromatic carbocycles. The van der Waals surface area contributed by atoms with Crippen LogP contribution in [0.25, 0.3) is 11.1 Å². The zero-order valence-electron chi connectivity index (χ0n) is 14.9. The summed E-state index contributed by atoms with van der Waals surface area (Å²) >= 11 is 6.56. The van der Waals surface area contributed by atoms with Gasteiger partial charge >= 0.3 is 0 Å². The molecule has 4 rings (SSSR count). The molecule has 0 saturated carbocycles. The Bertz CT molecular complexity index is 1040. The molecule has 1 aliphatic rings. The molecule has 0 saturated heterocycles. The second kappa shape index (κ2) is 7.56. The Labute approximate surface area is 179 Å². The summed E-state index contributed by atoms with van der Waals surface area (Å²) < 4.78 is 6.55. The topological polar surface area (TPSA) is 62.7 Å². The van der Waals surface area contributed by atoms with Crippen molar-refractivity contribution < 1.29 is 14.6 Å². The number of hydrogen-bond donors (Lipinski definition) is 1. The second-order valence-electron chi connectivity index (χ2n) is 6.51. The number of amides is 1. The molecule has 1 amide bonds. The van der Waals surface area contributed by atoms with E-state index in [1.165, 1.54) is 5.56 Å². The summed E-state index contributed by atoms with van der Waals surface area (Å²) in [5.74, 6) is 0.309. The lowest BCUT2D eigenvalue weighted by Gasteiger charge is -2.29. The molecule has 3 aromatic rings. The van der Waals surface area contributed by atoms with Crippen LogP contribution in [0.1, 0.15) is 15.9 Å². The maximum absolute atomic E-state index is 13.2. The van der Waals surface area contributed by atoms with Gasteiger partial charge < -0.3 is 14.7 Å². The van der Waals surface area contributed by atoms with Crippen LogP contribution < -0.4 is 9.64 Å². The summed E-state index contributed by atoms with van der Waals surface area (Å²) in [6.45, 7) is 2.83. The highest BCUT2D eigenvalue weighted by Gasteiger charge is 2.27. The predicted octanol–water partition coefficient (Wildman–Crippen LogP) is 5.33. The SMILES string of the molecule is Cc1ccc(-c2cnc3c(c2)N(C(=O)c2cc(Br)c(O)c(Br)c2)CCO3)cc1. The molecule has 0 fully saturated rings. The third-order valence-corrected chi connectivity index (χ3v) is 5.78. The molecule has 28 heavy (non-hydrogen) atoms. The zero-order chi connectivity index (χ0) is 19.8. The van der Waals surface area contributed by atoms with E-state index < -0.39 is 0 Å². The number of carbonyl (C=O) groups excluding carboxylic acids is 1. The van der Waals surface area contributed by atoms with Crippen LogP contribution in [0.15, 0.2) is 57.6 Å². The molecule has 1 aromatic heterocycles. The standard InChI is InChI=1S/C21H16Br2N2O3/c1-12-2-4-13(5-3-12)15-10-18-20(24-11-15)28-7-6-25(18)21(27)14-8-16(22)19(26)17(23)9-14/h2-5,8-11,26H,6-7H2,1H3. The van der Waals surface area contributed by atoms with Crippen LogP contribution in [-0.4, -0.2) is 29.1 Å². The van der Waals surface area contributed by atoms with Gasteiger partial charge in [-0.15, -0.1) is 0 Å². The van der Waals surface area contributed by atoms with Crippen molar-refractivity contribution in [1.82, 2.24) is 4.98 Å². The summed E-state index contributed by atoms with van der Waals surface area (Å²) in [4.78, 5) is 19.3. The van der Waals surface area contributed by atoms with E-state index in [4.69, 9.17) is 4.74 Å². The number of hydrogen-bond acceptors (Lipinski definition) is 4. The number of halogens is 2. The molecule has 0 radical (unpaired) electrons. The fourth-order valence-electron chi connectivity index (χ4n) is 3.06. The largest absolute Gasteiger partial charge is 0.506 e. The molecule has 1 N–H and O–H groups in total. The number of ether oxygens (including phenoxy) is 1. The Morgan fingerprint density at radius 2 is 1.79 bits per heavy atom. The second-order valence-corrected chi connectivity index (χ2v) is 8.22. The van der Waals surface area contributed by atoms with Gasteiger partial charge in [0.15, 0.2) is 0 Å². The van der Waals surface area contributed by atoms with Crippen molar-refractivity contribution in [3.05, 3.63) is 68.7 Å². The molecule has 0 bridgehead atoms. The Morgan fingerprint density at radius 3 is 2.46 bits per heavy atom. The van der Waals surface area contributed by atoms with Crippen molar-refractivity contribution in [3.63, 3.8) is 0 Å². The lowest BCUT2D eigenvalue weighted by atomic mass is 10.0. The van der Waals surface area contributed by atoms with Crippen molar-refractivity contribution in [2.24, 2.45) is 0 Å². The van der Waals surface area contributed by atoms with Crippen LogP contribution in [-0.2, 0) is 0 Å². The Morgan fingerprint density at radius 1 is 1.11 bits per heavy atom.